The van der Waals surface area contributed by atoms with Crippen LogP contribution in [0.4, 0.5) is 0 Å². The molecule has 0 aliphatic heterocycles. The first kappa shape index (κ1) is 14.2. The van der Waals surface area contributed by atoms with Crippen LogP contribution >= 0.6 is 0 Å². The van der Waals surface area contributed by atoms with Crippen molar-refractivity contribution in [3.8, 4) is 0 Å². The van der Waals surface area contributed by atoms with Gasteiger partial charge in [-0.15, -0.1) is 0 Å². The van der Waals surface area contributed by atoms with Crippen molar-refractivity contribution in [1.82, 2.24) is 0 Å². The second kappa shape index (κ2) is 5.63. The van der Waals surface area contributed by atoms with Crippen LogP contribution in [0.15, 0.2) is 18.7 Å². The lowest BCUT2D eigenvalue weighted by atomic mass is 9.96. The van der Waals surface area contributed by atoms with Crippen LogP contribution in [-0.4, -0.2) is 29.1 Å². The highest BCUT2D eigenvalue weighted by molar-refractivity contribution is 7.91. The van der Waals surface area contributed by atoms with Gasteiger partial charge in [0.2, 0.25) is 0 Å². The maximum atomic E-state index is 11.1. The minimum Gasteiger partial charge on any atom is -0.203 e. The van der Waals surface area contributed by atoms with Crippen LogP contribution in [0.25, 0.3) is 0 Å². The highest BCUT2D eigenvalue weighted by Gasteiger charge is 2.14. The van der Waals surface area contributed by atoms with Crippen molar-refractivity contribution < 1.29 is 16.8 Å². The standard InChI is InChI=1S/C7H14N4O4S2/c1-16(12,13)10-11-17(14,15)9-8-7-5-3-2-4-6-7/h7H,2-6H2,1H3. The summed E-state index contributed by atoms with van der Waals surface area (Å²) >= 11 is 0. The monoisotopic (exact) mass is 282 g/mol. The number of sulfonamides is 1. The molecule has 0 amide bonds. The van der Waals surface area contributed by atoms with Gasteiger partial charge in [0.05, 0.1) is 12.3 Å². The van der Waals surface area contributed by atoms with Gasteiger partial charge in [0.25, 0.3) is 10.0 Å². The Hall–Kier alpha value is -0.900. The zero-order valence-corrected chi connectivity index (χ0v) is 11.0. The molecule has 1 aliphatic carbocycles. The molecular weight excluding hydrogens is 268 g/mol. The smallest absolute Gasteiger partial charge is 0.203 e. The Bertz CT molecular complexity index is 502. The van der Waals surface area contributed by atoms with E-state index in [4.69, 9.17) is 0 Å². The lowest BCUT2D eigenvalue weighted by molar-refractivity contribution is 0.432. The first-order chi connectivity index (χ1) is 7.79. The lowest BCUT2D eigenvalue weighted by Crippen LogP contribution is -2.09. The Balaban J connectivity index is 2.66. The van der Waals surface area contributed by atoms with E-state index >= 15 is 0 Å². The van der Waals surface area contributed by atoms with E-state index < -0.39 is 20.2 Å². The topological polar surface area (TPSA) is 118 Å². The van der Waals surface area contributed by atoms with Crippen molar-refractivity contribution in [1.29, 1.82) is 0 Å². The summed E-state index contributed by atoms with van der Waals surface area (Å²) in [6, 6.07) is -0.119. The molecule has 0 heterocycles. The molecule has 0 radical (unpaired) electrons. The highest BCUT2D eigenvalue weighted by Crippen LogP contribution is 2.20. The molecule has 1 aliphatic rings. The summed E-state index contributed by atoms with van der Waals surface area (Å²) in [5.74, 6) is 0. The molecule has 8 nitrogen and oxygen atoms in total. The van der Waals surface area contributed by atoms with Crippen molar-refractivity contribution in [3.05, 3.63) is 0 Å². The van der Waals surface area contributed by atoms with Gasteiger partial charge in [-0.1, -0.05) is 19.3 Å². The van der Waals surface area contributed by atoms with Crippen molar-refractivity contribution in [2.24, 2.45) is 18.7 Å². The molecule has 1 rings (SSSR count). The second-order valence-corrected chi connectivity index (χ2v) is 6.68. The molecule has 0 N–H and O–H groups in total. The molecule has 10 heteroatoms. The number of hydrogen-bond acceptors (Lipinski definition) is 5. The average Bonchev–Trinajstić information content (AvgIpc) is 2.25. The Morgan fingerprint density at radius 1 is 0.882 bits per heavy atom. The average molecular weight is 282 g/mol. The maximum Gasteiger partial charge on any atom is 0.398 e. The zero-order valence-electron chi connectivity index (χ0n) is 9.35. The highest BCUT2D eigenvalue weighted by atomic mass is 32.2. The third kappa shape index (κ3) is 6.41. The Morgan fingerprint density at radius 3 is 2.00 bits per heavy atom. The normalized spacial score (nSPS) is 20.3. The van der Waals surface area contributed by atoms with E-state index in [9.17, 15) is 16.8 Å². The molecular formula is C7H14N4O4S2. The second-order valence-electron chi connectivity index (χ2n) is 3.83. The first-order valence-corrected chi connectivity index (χ1v) is 8.34. The summed E-state index contributed by atoms with van der Waals surface area (Å²) in [6.45, 7) is 0. The van der Waals surface area contributed by atoms with E-state index in [-0.39, 0.29) is 6.04 Å². The van der Waals surface area contributed by atoms with Gasteiger partial charge in [-0.2, -0.15) is 13.5 Å². The molecule has 0 unspecified atom stereocenters. The predicted molar refractivity (Wildman–Crippen MR) is 60.3 cm³/mol. The Labute approximate surface area is 100 Å². The minimum atomic E-state index is -4.28. The molecule has 0 aromatic rings. The Kier molecular flexibility index (Phi) is 4.69. The van der Waals surface area contributed by atoms with Crippen molar-refractivity contribution in [3.63, 3.8) is 0 Å². The van der Waals surface area contributed by atoms with Gasteiger partial charge in [0.1, 0.15) is 0 Å². The molecule has 0 aromatic carbocycles. The third-order valence-electron chi connectivity index (χ3n) is 2.17. The third-order valence-corrected chi connectivity index (χ3v) is 3.24. The van der Waals surface area contributed by atoms with E-state index in [0.29, 0.717) is 0 Å². The van der Waals surface area contributed by atoms with E-state index in [1.165, 1.54) is 0 Å². The van der Waals surface area contributed by atoms with Crippen LogP contribution in [0.2, 0.25) is 0 Å². The van der Waals surface area contributed by atoms with Crippen LogP contribution in [0, 0.1) is 0 Å². The Morgan fingerprint density at radius 2 is 1.47 bits per heavy atom. The van der Waals surface area contributed by atoms with Gasteiger partial charge in [0.15, 0.2) is 0 Å². The van der Waals surface area contributed by atoms with Crippen LogP contribution in [0.3, 0.4) is 0 Å². The first-order valence-electron chi connectivity index (χ1n) is 5.10. The van der Waals surface area contributed by atoms with E-state index in [2.05, 4.69) is 18.7 Å². The number of rotatable bonds is 4. The van der Waals surface area contributed by atoms with Crippen molar-refractivity contribution in [2.75, 3.05) is 6.26 Å². The van der Waals surface area contributed by atoms with Gasteiger partial charge in [-0.3, -0.25) is 0 Å². The van der Waals surface area contributed by atoms with Gasteiger partial charge >= 0.3 is 10.2 Å². The summed E-state index contributed by atoms with van der Waals surface area (Å²) in [5.41, 5.74) is 0. The minimum absolute atomic E-state index is 0.119. The summed E-state index contributed by atoms with van der Waals surface area (Å²) in [7, 11) is -8.10. The van der Waals surface area contributed by atoms with Gasteiger partial charge in [0, 0.05) is 0 Å². The molecule has 1 saturated carbocycles. The summed E-state index contributed by atoms with van der Waals surface area (Å²) in [6.07, 6.45) is 5.44. The quantitative estimate of drug-likeness (QED) is 0.724. The van der Waals surface area contributed by atoms with Crippen LogP contribution < -0.4 is 0 Å². The molecule has 0 spiro atoms. The van der Waals surface area contributed by atoms with Crippen molar-refractivity contribution in [2.45, 2.75) is 38.1 Å². The molecule has 0 aromatic heterocycles. The molecule has 1 fully saturated rings. The largest absolute Gasteiger partial charge is 0.398 e. The fourth-order valence-corrected chi connectivity index (χ4v) is 2.55. The van der Waals surface area contributed by atoms with E-state index in [1.54, 1.807) is 0 Å². The zero-order chi connectivity index (χ0) is 12.9. The van der Waals surface area contributed by atoms with Gasteiger partial charge < -0.3 is 0 Å². The predicted octanol–water partition coefficient (Wildman–Crippen LogP) is 1.43. The van der Waals surface area contributed by atoms with E-state index in [1.807, 2.05) is 0 Å². The van der Waals surface area contributed by atoms with Crippen molar-refractivity contribution >= 4 is 20.2 Å². The SMILES string of the molecule is CS(=O)(=O)N=NS(=O)(=O)N=NC1CCCCC1. The summed E-state index contributed by atoms with van der Waals surface area (Å²) in [4.78, 5) is 0. The summed E-state index contributed by atoms with van der Waals surface area (Å²) in [5, 5.41) is 3.64. The number of hydrogen-bond donors (Lipinski definition) is 0. The molecule has 0 bridgehead atoms. The van der Waals surface area contributed by atoms with Crippen LogP contribution in [-0.2, 0) is 20.2 Å². The lowest BCUT2D eigenvalue weighted by Gasteiger charge is -2.15. The number of nitrogens with zero attached hydrogens (tertiary/aromatic N) is 4. The summed E-state index contributed by atoms with van der Waals surface area (Å²) < 4.78 is 51.8. The van der Waals surface area contributed by atoms with E-state index in [0.717, 1.165) is 38.4 Å². The molecule has 98 valence electrons. The van der Waals surface area contributed by atoms with Gasteiger partial charge in [-0.25, -0.2) is 8.42 Å². The van der Waals surface area contributed by atoms with Gasteiger partial charge in [-0.05, 0) is 26.4 Å². The fraction of sp³-hybridized carbons (Fsp3) is 1.00. The molecule has 0 atom stereocenters. The van der Waals surface area contributed by atoms with Crippen LogP contribution in [0.5, 0.6) is 0 Å². The molecule has 17 heavy (non-hydrogen) atoms. The maximum absolute atomic E-state index is 11.1. The fourth-order valence-electron chi connectivity index (χ4n) is 1.44. The van der Waals surface area contributed by atoms with Crippen LogP contribution in [0.1, 0.15) is 32.1 Å². The molecule has 0 saturated heterocycles.